The van der Waals surface area contributed by atoms with Gasteiger partial charge in [0.2, 0.25) is 0 Å². The van der Waals surface area contributed by atoms with Gasteiger partial charge in [0, 0.05) is 12.1 Å². The number of esters is 1. The molecule has 17 heteroatoms. The van der Waals surface area contributed by atoms with E-state index in [1.54, 1.807) is 54.6 Å². The van der Waals surface area contributed by atoms with Crippen LogP contribution in [0.3, 0.4) is 0 Å². The molecule has 1 aliphatic heterocycles. The van der Waals surface area contributed by atoms with E-state index in [4.69, 9.17) is 14.2 Å². The molecule has 1 atom stereocenters. The molecule has 240 valence electrons. The van der Waals surface area contributed by atoms with Crippen molar-refractivity contribution in [3.8, 4) is 16.9 Å². The predicted molar refractivity (Wildman–Crippen MR) is 154 cm³/mol. The molecular weight excluding hydrogens is 633 g/mol. The van der Waals surface area contributed by atoms with Gasteiger partial charge in [-0.15, -0.1) is 0 Å². The lowest BCUT2D eigenvalue weighted by atomic mass is 10.1. The summed E-state index contributed by atoms with van der Waals surface area (Å²) in [5, 5.41) is 5.96. The van der Waals surface area contributed by atoms with Crippen molar-refractivity contribution >= 4 is 21.9 Å². The largest absolute Gasteiger partial charge is 0.435 e. The standard InChI is InChI=1S/C29H25F3N6O7S/c1-19-7-9-20(10-8-19)25-17-26(29(30,31)32)33-36(25)22-11-13-23(14-12-22)46(41,42)34-27(39)24-15-16-35(24)37-38(45-37)44-18-43-28(40)21-5-3-2-4-6-21/h2-14,17,24H,15-16,18H2,1H3,(H,34,39). The van der Waals surface area contributed by atoms with E-state index in [1.807, 2.05) is 11.6 Å². The predicted octanol–water partition coefficient (Wildman–Crippen LogP) is 3.52. The first kappa shape index (κ1) is 30.6. The summed E-state index contributed by atoms with van der Waals surface area (Å²) in [5.74, 6) is -1.46. The van der Waals surface area contributed by atoms with Crippen LogP contribution in [0.2, 0.25) is 0 Å². The number of alkyl halides is 3. The monoisotopic (exact) mass is 658 g/mol. The normalized spacial score (nSPS) is 15.0. The fourth-order valence-electron chi connectivity index (χ4n) is 4.56. The van der Waals surface area contributed by atoms with Gasteiger partial charge >= 0.3 is 12.1 Å². The number of nitrogens with zero attached hydrogens (tertiary/aromatic N) is 5. The first-order valence-corrected chi connectivity index (χ1v) is 15.2. The van der Waals surface area contributed by atoms with Crippen molar-refractivity contribution in [2.24, 2.45) is 0 Å². The van der Waals surface area contributed by atoms with Crippen LogP contribution in [0, 0.1) is 6.92 Å². The van der Waals surface area contributed by atoms with Crippen molar-refractivity contribution in [3.63, 3.8) is 0 Å². The number of amides is 1. The Balaban J connectivity index is 1.09. The van der Waals surface area contributed by atoms with Crippen molar-refractivity contribution in [2.45, 2.75) is 30.5 Å². The highest BCUT2D eigenvalue weighted by molar-refractivity contribution is 7.90. The fraction of sp³-hybridized carbons (Fsp3) is 0.207. The molecule has 1 saturated heterocycles. The van der Waals surface area contributed by atoms with Crippen molar-refractivity contribution in [3.05, 3.63) is 102 Å². The van der Waals surface area contributed by atoms with Gasteiger partial charge < -0.3 is 9.57 Å². The lowest BCUT2D eigenvalue weighted by Crippen LogP contribution is -2.61. The molecule has 6 rings (SSSR count). The number of aryl methyl sites for hydroxylation is 1. The SMILES string of the molecule is Cc1ccc(-c2cc(C(F)(F)F)nn2-c2ccc(S(=O)(=O)NC(=O)C3CCN3n3on3OCOC(=O)c3ccccc3)cc2)cc1. The van der Waals surface area contributed by atoms with E-state index in [1.165, 1.54) is 17.1 Å². The second kappa shape index (κ2) is 11.8. The molecule has 5 aromatic rings. The molecule has 46 heavy (non-hydrogen) atoms. The summed E-state index contributed by atoms with van der Waals surface area (Å²) in [6.45, 7) is 1.70. The van der Waals surface area contributed by atoms with E-state index >= 15 is 0 Å². The number of sulfonamides is 1. The average molecular weight is 659 g/mol. The minimum Gasteiger partial charge on any atom is -0.422 e. The Morgan fingerprint density at radius 3 is 2.35 bits per heavy atom. The van der Waals surface area contributed by atoms with Gasteiger partial charge in [-0.05, 0) is 55.8 Å². The molecule has 13 nitrogen and oxygen atoms in total. The zero-order chi connectivity index (χ0) is 32.6. The first-order chi connectivity index (χ1) is 21.9. The van der Waals surface area contributed by atoms with Gasteiger partial charge in [-0.25, -0.2) is 27.6 Å². The molecule has 1 fully saturated rings. The van der Waals surface area contributed by atoms with E-state index in [9.17, 15) is 31.2 Å². The molecular formula is C29H25F3N6O7S. The number of halogens is 3. The van der Waals surface area contributed by atoms with Crippen LogP contribution in [0.15, 0.2) is 94.5 Å². The van der Waals surface area contributed by atoms with Crippen molar-refractivity contribution in [1.82, 2.24) is 24.5 Å². The highest BCUT2D eigenvalue weighted by atomic mass is 32.2. The molecule has 3 aromatic carbocycles. The van der Waals surface area contributed by atoms with Gasteiger partial charge in [0.1, 0.15) is 11.1 Å². The quantitative estimate of drug-likeness (QED) is 0.176. The second-order valence-corrected chi connectivity index (χ2v) is 11.9. The van der Waals surface area contributed by atoms with Crippen LogP contribution < -0.4 is 14.6 Å². The van der Waals surface area contributed by atoms with Crippen LogP contribution in [0.1, 0.15) is 28.0 Å². The Morgan fingerprint density at radius 1 is 1.02 bits per heavy atom. The molecule has 1 aliphatic rings. The van der Waals surface area contributed by atoms with E-state index < -0.39 is 46.6 Å². The van der Waals surface area contributed by atoms with Gasteiger partial charge in [-0.3, -0.25) is 4.79 Å². The van der Waals surface area contributed by atoms with E-state index in [2.05, 4.69) is 5.10 Å². The number of rotatable bonds is 10. The first-order valence-electron chi connectivity index (χ1n) is 13.7. The number of benzene rings is 3. The second-order valence-electron chi connectivity index (χ2n) is 10.2. The third kappa shape index (κ3) is 6.35. The maximum absolute atomic E-state index is 13.5. The topological polar surface area (TPSA) is 143 Å². The van der Waals surface area contributed by atoms with Gasteiger partial charge in [0.25, 0.3) is 22.7 Å². The van der Waals surface area contributed by atoms with Gasteiger partial charge in [0.05, 0.1) is 26.8 Å². The summed E-state index contributed by atoms with van der Waals surface area (Å²) < 4.78 is 79.8. The van der Waals surface area contributed by atoms with Gasteiger partial charge in [-0.2, -0.15) is 22.9 Å². The molecule has 1 amide bonds. The number of hydrogen-bond acceptors (Lipinski definition) is 9. The summed E-state index contributed by atoms with van der Waals surface area (Å²) in [4.78, 5) is 30.8. The number of ether oxygens (including phenoxy) is 1. The Kier molecular flexibility index (Phi) is 7.85. The Morgan fingerprint density at radius 2 is 1.72 bits per heavy atom. The summed E-state index contributed by atoms with van der Waals surface area (Å²) in [6.07, 6.45) is -4.40. The molecule has 1 unspecified atom stereocenters. The molecule has 0 radical (unpaired) electrons. The highest BCUT2D eigenvalue weighted by Gasteiger charge is 2.42. The van der Waals surface area contributed by atoms with Crippen LogP contribution in [-0.4, -0.2) is 59.4 Å². The third-order valence-electron chi connectivity index (χ3n) is 7.11. The number of carbonyl (C=O) groups is 2. The number of aromatic nitrogens is 4. The van der Waals surface area contributed by atoms with Gasteiger partial charge in [0.15, 0.2) is 5.69 Å². The van der Waals surface area contributed by atoms with E-state index in [0.29, 0.717) is 24.1 Å². The molecule has 0 aliphatic carbocycles. The maximum Gasteiger partial charge on any atom is 0.435 e. The zero-order valence-electron chi connectivity index (χ0n) is 23.9. The van der Waals surface area contributed by atoms with E-state index in [0.717, 1.165) is 38.4 Å². The fourth-order valence-corrected chi connectivity index (χ4v) is 5.57. The Bertz CT molecular complexity index is 1960. The maximum atomic E-state index is 13.5. The lowest BCUT2D eigenvalue weighted by molar-refractivity contribution is -0.141. The summed E-state index contributed by atoms with van der Waals surface area (Å²) in [7, 11) is -4.35. The minimum absolute atomic E-state index is 0.158. The molecule has 2 aromatic heterocycles. The molecule has 1 N–H and O–H groups in total. The van der Waals surface area contributed by atoms with Crippen LogP contribution in [-0.2, 0) is 25.7 Å². The van der Waals surface area contributed by atoms with Crippen molar-refractivity contribution in [1.29, 1.82) is 0 Å². The third-order valence-corrected chi connectivity index (χ3v) is 8.47. The van der Waals surface area contributed by atoms with Crippen LogP contribution in [0.4, 0.5) is 13.2 Å². The molecule has 3 heterocycles. The Hall–Kier alpha value is -5.45. The van der Waals surface area contributed by atoms with Crippen LogP contribution in [0.5, 0.6) is 0 Å². The molecule has 0 spiro atoms. The van der Waals surface area contributed by atoms with Crippen LogP contribution in [0.25, 0.3) is 16.9 Å². The number of carbonyl (C=O) groups excluding carboxylic acids is 2. The van der Waals surface area contributed by atoms with Gasteiger partial charge in [-0.1, -0.05) is 48.0 Å². The van der Waals surface area contributed by atoms with Crippen molar-refractivity contribution < 1.29 is 45.4 Å². The summed E-state index contributed by atoms with van der Waals surface area (Å²) in [6, 6.07) is 20.0. The minimum atomic E-state index is -4.70. The summed E-state index contributed by atoms with van der Waals surface area (Å²) >= 11 is 0. The number of hydrogen-bond donors (Lipinski definition) is 1. The van der Waals surface area contributed by atoms with E-state index in [-0.39, 0.29) is 16.3 Å². The zero-order valence-corrected chi connectivity index (χ0v) is 24.7. The number of nitrogens with one attached hydrogen (secondary N) is 1. The van der Waals surface area contributed by atoms with Crippen LogP contribution >= 0.6 is 0 Å². The average Bonchev–Trinajstić information content (AvgIpc) is 3.58. The lowest BCUT2D eigenvalue weighted by Gasteiger charge is -2.35. The Labute approximate surface area is 259 Å². The highest BCUT2D eigenvalue weighted by Crippen LogP contribution is 2.33. The van der Waals surface area contributed by atoms with Crippen molar-refractivity contribution in [2.75, 3.05) is 18.3 Å². The molecule has 0 saturated carbocycles. The molecule has 0 bridgehead atoms. The summed E-state index contributed by atoms with van der Waals surface area (Å²) in [5.41, 5.74) is 0.955. The smallest absolute Gasteiger partial charge is 0.422 e.